The van der Waals surface area contributed by atoms with Crippen LogP contribution in [0.4, 0.5) is 5.69 Å². The number of rotatable bonds is 7. The van der Waals surface area contributed by atoms with Gasteiger partial charge in [0.15, 0.2) is 5.96 Å². The van der Waals surface area contributed by atoms with E-state index in [1.165, 1.54) is 12.5 Å². The molecule has 1 aliphatic rings. The second-order valence-corrected chi connectivity index (χ2v) is 7.44. The number of guanidine groups is 1. The van der Waals surface area contributed by atoms with E-state index in [1.807, 2.05) is 24.3 Å². The molecule has 1 aromatic carbocycles. The van der Waals surface area contributed by atoms with Gasteiger partial charge >= 0.3 is 0 Å². The summed E-state index contributed by atoms with van der Waals surface area (Å²) in [5.41, 5.74) is 2.05. The SMILES string of the molecule is CCNC(=NCCc1ccc(NC(C)=O)cc1)NC1CCN(C(C)C)CC1.I. The molecule has 1 amide bonds. The molecule has 7 heteroatoms. The second-order valence-electron chi connectivity index (χ2n) is 7.44. The fourth-order valence-corrected chi connectivity index (χ4v) is 3.33. The Labute approximate surface area is 187 Å². The number of piperidine rings is 1. The average Bonchev–Trinajstić information content (AvgIpc) is 2.63. The highest BCUT2D eigenvalue weighted by atomic mass is 127. The van der Waals surface area contributed by atoms with Crippen molar-refractivity contribution in [2.45, 2.75) is 59.0 Å². The summed E-state index contributed by atoms with van der Waals surface area (Å²) in [4.78, 5) is 18.3. The first-order valence-corrected chi connectivity index (χ1v) is 10.1. The molecule has 1 fully saturated rings. The smallest absolute Gasteiger partial charge is 0.221 e. The monoisotopic (exact) mass is 501 g/mol. The molecule has 3 N–H and O–H groups in total. The van der Waals surface area contributed by atoms with E-state index in [0.717, 1.165) is 57.1 Å². The predicted octanol–water partition coefficient (Wildman–Crippen LogP) is 3.23. The minimum absolute atomic E-state index is 0. The van der Waals surface area contributed by atoms with E-state index >= 15 is 0 Å². The highest BCUT2D eigenvalue weighted by Crippen LogP contribution is 2.13. The van der Waals surface area contributed by atoms with E-state index in [4.69, 9.17) is 4.99 Å². The number of halogens is 1. The second kappa shape index (κ2) is 13.0. The Kier molecular flexibility index (Phi) is 11.4. The number of amides is 1. The highest BCUT2D eigenvalue weighted by Gasteiger charge is 2.21. The van der Waals surface area contributed by atoms with Crippen molar-refractivity contribution in [1.29, 1.82) is 0 Å². The van der Waals surface area contributed by atoms with Crippen molar-refractivity contribution >= 4 is 41.5 Å². The van der Waals surface area contributed by atoms with Gasteiger partial charge in [-0.1, -0.05) is 12.1 Å². The minimum Gasteiger partial charge on any atom is -0.357 e. The summed E-state index contributed by atoms with van der Waals surface area (Å²) in [7, 11) is 0. The molecular formula is C21H36IN5O. The summed E-state index contributed by atoms with van der Waals surface area (Å²) in [5, 5.41) is 9.75. The summed E-state index contributed by atoms with van der Waals surface area (Å²) < 4.78 is 0. The van der Waals surface area contributed by atoms with Crippen LogP contribution in [0.3, 0.4) is 0 Å². The van der Waals surface area contributed by atoms with Crippen LogP contribution in [0.5, 0.6) is 0 Å². The van der Waals surface area contributed by atoms with Crippen LogP contribution in [-0.2, 0) is 11.2 Å². The molecule has 2 rings (SSSR count). The third-order valence-corrected chi connectivity index (χ3v) is 4.89. The summed E-state index contributed by atoms with van der Waals surface area (Å²) >= 11 is 0. The molecule has 158 valence electrons. The normalized spacial score (nSPS) is 15.8. The lowest BCUT2D eigenvalue weighted by Crippen LogP contribution is -2.49. The minimum atomic E-state index is -0.0482. The molecule has 0 atom stereocenters. The molecule has 1 saturated heterocycles. The zero-order valence-electron chi connectivity index (χ0n) is 17.6. The van der Waals surface area contributed by atoms with Gasteiger partial charge in [0, 0.05) is 50.9 Å². The van der Waals surface area contributed by atoms with E-state index < -0.39 is 0 Å². The van der Waals surface area contributed by atoms with Gasteiger partial charge in [-0.05, 0) is 57.7 Å². The molecule has 0 aromatic heterocycles. The van der Waals surface area contributed by atoms with Crippen LogP contribution in [0.2, 0.25) is 0 Å². The lowest BCUT2D eigenvalue weighted by atomic mass is 10.0. The Bertz CT molecular complexity index is 610. The number of likely N-dealkylation sites (tertiary alicyclic amines) is 1. The first-order valence-electron chi connectivity index (χ1n) is 10.1. The molecule has 0 bridgehead atoms. The molecule has 1 aliphatic heterocycles. The van der Waals surface area contributed by atoms with Gasteiger partial charge in [0.25, 0.3) is 0 Å². The summed E-state index contributed by atoms with van der Waals surface area (Å²) in [6.45, 7) is 12.0. The first-order chi connectivity index (χ1) is 13.0. The van der Waals surface area contributed by atoms with Gasteiger partial charge in [-0.25, -0.2) is 0 Å². The van der Waals surface area contributed by atoms with E-state index in [-0.39, 0.29) is 29.9 Å². The van der Waals surface area contributed by atoms with Crippen LogP contribution < -0.4 is 16.0 Å². The van der Waals surface area contributed by atoms with E-state index in [0.29, 0.717) is 12.1 Å². The largest absolute Gasteiger partial charge is 0.357 e. The predicted molar refractivity (Wildman–Crippen MR) is 129 cm³/mol. The molecule has 0 unspecified atom stereocenters. The maximum atomic E-state index is 11.1. The van der Waals surface area contributed by atoms with E-state index in [2.05, 4.69) is 41.6 Å². The van der Waals surface area contributed by atoms with Gasteiger partial charge in [0.05, 0.1) is 0 Å². The quantitative estimate of drug-likeness (QED) is 0.305. The van der Waals surface area contributed by atoms with Crippen molar-refractivity contribution in [3.63, 3.8) is 0 Å². The number of hydrogen-bond acceptors (Lipinski definition) is 3. The molecule has 28 heavy (non-hydrogen) atoms. The van der Waals surface area contributed by atoms with Crippen LogP contribution in [-0.4, -0.2) is 55.0 Å². The molecule has 6 nitrogen and oxygen atoms in total. The fraction of sp³-hybridized carbons (Fsp3) is 0.619. The van der Waals surface area contributed by atoms with Crippen molar-refractivity contribution in [2.75, 3.05) is 31.5 Å². The topological polar surface area (TPSA) is 68.8 Å². The Hall–Kier alpha value is -1.35. The van der Waals surface area contributed by atoms with Crippen LogP contribution in [0.25, 0.3) is 0 Å². The Morgan fingerprint density at radius 2 is 1.86 bits per heavy atom. The lowest BCUT2D eigenvalue weighted by Gasteiger charge is -2.35. The Balaban J connectivity index is 0.00000392. The molecule has 1 heterocycles. The molecule has 0 saturated carbocycles. The fourth-order valence-electron chi connectivity index (χ4n) is 3.33. The van der Waals surface area contributed by atoms with Crippen molar-refractivity contribution in [3.8, 4) is 0 Å². The van der Waals surface area contributed by atoms with Crippen molar-refractivity contribution < 1.29 is 4.79 Å². The van der Waals surface area contributed by atoms with Gasteiger partial charge in [0.1, 0.15) is 0 Å². The average molecular weight is 501 g/mol. The third kappa shape index (κ3) is 8.77. The van der Waals surface area contributed by atoms with Gasteiger partial charge in [-0.2, -0.15) is 0 Å². The summed E-state index contributed by atoms with van der Waals surface area (Å²) in [6.07, 6.45) is 3.20. The number of carbonyl (C=O) groups is 1. The molecule has 1 aromatic rings. The number of nitrogens with zero attached hydrogens (tertiary/aromatic N) is 2. The number of benzene rings is 1. The first kappa shape index (κ1) is 24.7. The van der Waals surface area contributed by atoms with Gasteiger partial charge in [-0.3, -0.25) is 9.79 Å². The molecule has 0 radical (unpaired) electrons. The highest BCUT2D eigenvalue weighted by molar-refractivity contribution is 14.0. The maximum Gasteiger partial charge on any atom is 0.221 e. The number of carbonyl (C=O) groups excluding carboxylic acids is 1. The van der Waals surface area contributed by atoms with Gasteiger partial charge < -0.3 is 20.9 Å². The zero-order valence-corrected chi connectivity index (χ0v) is 20.0. The van der Waals surface area contributed by atoms with Crippen molar-refractivity contribution in [1.82, 2.24) is 15.5 Å². The van der Waals surface area contributed by atoms with Crippen LogP contribution in [0.15, 0.2) is 29.3 Å². The third-order valence-electron chi connectivity index (χ3n) is 4.89. The van der Waals surface area contributed by atoms with E-state index in [9.17, 15) is 4.79 Å². The Morgan fingerprint density at radius 1 is 1.21 bits per heavy atom. The number of hydrogen-bond donors (Lipinski definition) is 3. The number of nitrogens with one attached hydrogen (secondary N) is 3. The van der Waals surface area contributed by atoms with Gasteiger partial charge in [-0.15, -0.1) is 24.0 Å². The maximum absolute atomic E-state index is 11.1. The Morgan fingerprint density at radius 3 is 2.39 bits per heavy atom. The van der Waals surface area contributed by atoms with Crippen LogP contribution in [0.1, 0.15) is 46.1 Å². The molecular weight excluding hydrogens is 465 g/mol. The van der Waals surface area contributed by atoms with Gasteiger partial charge in [0.2, 0.25) is 5.91 Å². The number of aliphatic imine (C=N–C) groups is 1. The lowest BCUT2D eigenvalue weighted by molar-refractivity contribution is -0.114. The van der Waals surface area contributed by atoms with Crippen molar-refractivity contribution in [2.24, 2.45) is 4.99 Å². The summed E-state index contributed by atoms with van der Waals surface area (Å²) in [6, 6.07) is 9.09. The molecule has 0 spiro atoms. The zero-order chi connectivity index (χ0) is 19.6. The number of anilines is 1. The molecule has 0 aliphatic carbocycles. The summed E-state index contributed by atoms with van der Waals surface area (Å²) in [5.74, 6) is 0.864. The van der Waals surface area contributed by atoms with E-state index in [1.54, 1.807) is 0 Å². The van der Waals surface area contributed by atoms with Crippen molar-refractivity contribution in [3.05, 3.63) is 29.8 Å². The van der Waals surface area contributed by atoms with Crippen LogP contribution >= 0.6 is 24.0 Å². The van der Waals surface area contributed by atoms with Crippen LogP contribution in [0, 0.1) is 0 Å². The standard InChI is InChI=1S/C21H35N5O.HI/c1-5-22-21(25-20-11-14-26(15-12-20)16(2)3)23-13-10-18-6-8-19(9-7-18)24-17(4)27;/h6-9,16,20H,5,10-15H2,1-4H3,(H,24,27)(H2,22,23,25);1H.